The number of fused-ring (bicyclic) bond motifs is 1. The van der Waals surface area contributed by atoms with Gasteiger partial charge in [0.15, 0.2) is 0 Å². The van der Waals surface area contributed by atoms with Gasteiger partial charge in [-0.25, -0.2) is 13.1 Å². The quantitative estimate of drug-likeness (QED) is 0.603. The number of hydrogen-bond acceptors (Lipinski definition) is 3. The Bertz CT molecular complexity index is 806. The van der Waals surface area contributed by atoms with Crippen molar-refractivity contribution in [1.29, 1.82) is 0 Å². The molecule has 1 heterocycles. The van der Waals surface area contributed by atoms with Crippen LogP contribution in [-0.4, -0.2) is 27.4 Å². The van der Waals surface area contributed by atoms with E-state index < -0.39 is 10.0 Å². The van der Waals surface area contributed by atoms with Gasteiger partial charge in [-0.15, -0.1) is 0 Å². The smallest absolute Gasteiger partial charge is 0.242 e. The zero-order valence-corrected chi connectivity index (χ0v) is 18.5. The normalized spacial score (nSPS) is 17.8. The van der Waals surface area contributed by atoms with Gasteiger partial charge in [0.05, 0.1) is 5.69 Å². The summed E-state index contributed by atoms with van der Waals surface area (Å²) in [4.78, 5) is 14.6. The SMILES string of the molecule is CCCCC(CC)CNS(=O)(=O)c1cc(Br)cc2c1N(C(=O)C1CC1)CC2. The summed E-state index contributed by atoms with van der Waals surface area (Å²) in [5, 5.41) is 0. The highest BCUT2D eigenvalue weighted by Crippen LogP contribution is 2.41. The highest BCUT2D eigenvalue weighted by molar-refractivity contribution is 9.10. The number of hydrogen-bond donors (Lipinski definition) is 1. The number of amides is 1. The van der Waals surface area contributed by atoms with Crippen LogP contribution in [0.1, 0.15) is 57.9 Å². The monoisotopic (exact) mass is 456 g/mol. The average molecular weight is 457 g/mol. The van der Waals surface area contributed by atoms with Crippen LogP contribution in [0.5, 0.6) is 0 Å². The van der Waals surface area contributed by atoms with Crippen molar-refractivity contribution < 1.29 is 13.2 Å². The predicted molar refractivity (Wildman–Crippen MR) is 111 cm³/mol. The maximum Gasteiger partial charge on any atom is 0.242 e. The summed E-state index contributed by atoms with van der Waals surface area (Å²) in [6, 6.07) is 3.57. The Hall–Kier alpha value is -0.920. The van der Waals surface area contributed by atoms with Crippen LogP contribution in [0, 0.1) is 11.8 Å². The molecule has 27 heavy (non-hydrogen) atoms. The van der Waals surface area contributed by atoms with Crippen LogP contribution in [0.3, 0.4) is 0 Å². The van der Waals surface area contributed by atoms with Crippen LogP contribution in [0.4, 0.5) is 5.69 Å². The van der Waals surface area contributed by atoms with Crippen LogP contribution in [0.25, 0.3) is 0 Å². The van der Waals surface area contributed by atoms with E-state index in [1.807, 2.05) is 6.07 Å². The van der Waals surface area contributed by atoms with Gasteiger partial charge in [-0.2, -0.15) is 0 Å². The lowest BCUT2D eigenvalue weighted by molar-refractivity contribution is -0.119. The number of unbranched alkanes of at least 4 members (excludes halogenated alkanes) is 1. The van der Waals surface area contributed by atoms with E-state index in [9.17, 15) is 13.2 Å². The first-order valence-corrected chi connectivity index (χ1v) is 12.3. The van der Waals surface area contributed by atoms with Crippen molar-refractivity contribution in [3.05, 3.63) is 22.2 Å². The minimum absolute atomic E-state index is 0.0709. The highest BCUT2D eigenvalue weighted by atomic mass is 79.9. The van der Waals surface area contributed by atoms with Crippen molar-refractivity contribution in [2.75, 3.05) is 18.0 Å². The summed E-state index contributed by atoms with van der Waals surface area (Å²) in [6.07, 6.45) is 6.72. The lowest BCUT2D eigenvalue weighted by Crippen LogP contribution is -2.34. The van der Waals surface area contributed by atoms with Gasteiger partial charge in [0.25, 0.3) is 0 Å². The Labute approximate surface area is 171 Å². The topological polar surface area (TPSA) is 66.5 Å². The molecule has 3 rings (SSSR count). The van der Waals surface area contributed by atoms with Crippen LogP contribution in [0.2, 0.25) is 0 Å². The van der Waals surface area contributed by atoms with Crippen molar-refractivity contribution >= 4 is 37.5 Å². The molecule has 1 aliphatic heterocycles. The van der Waals surface area contributed by atoms with Crippen LogP contribution < -0.4 is 9.62 Å². The van der Waals surface area contributed by atoms with Crippen LogP contribution >= 0.6 is 15.9 Å². The minimum atomic E-state index is -3.68. The molecule has 5 nitrogen and oxygen atoms in total. The third kappa shape index (κ3) is 4.74. The fraction of sp³-hybridized carbons (Fsp3) is 0.650. The first-order valence-electron chi connectivity index (χ1n) is 10.0. The van der Waals surface area contributed by atoms with E-state index in [0.717, 1.165) is 48.6 Å². The molecule has 7 heteroatoms. The van der Waals surface area contributed by atoms with Crippen LogP contribution in [-0.2, 0) is 21.2 Å². The van der Waals surface area contributed by atoms with E-state index in [1.165, 1.54) is 0 Å². The molecule has 1 atom stereocenters. The molecule has 1 N–H and O–H groups in total. The first-order chi connectivity index (χ1) is 12.9. The molecule has 1 aliphatic carbocycles. The van der Waals surface area contributed by atoms with E-state index in [-0.39, 0.29) is 16.7 Å². The van der Waals surface area contributed by atoms with Crippen LogP contribution in [0.15, 0.2) is 21.5 Å². The second-order valence-corrected chi connectivity index (χ2v) is 10.3. The molecule has 1 saturated carbocycles. The molecule has 0 spiro atoms. The minimum Gasteiger partial charge on any atom is -0.310 e. The number of sulfonamides is 1. The van der Waals surface area contributed by atoms with Gasteiger partial charge in [-0.05, 0) is 49.3 Å². The summed E-state index contributed by atoms with van der Waals surface area (Å²) in [5.74, 6) is 0.479. The fourth-order valence-corrected chi connectivity index (χ4v) is 5.74. The molecular weight excluding hydrogens is 428 g/mol. The number of nitrogens with one attached hydrogen (secondary N) is 1. The van der Waals surface area contributed by atoms with Gasteiger partial charge >= 0.3 is 0 Å². The van der Waals surface area contributed by atoms with E-state index in [0.29, 0.717) is 31.1 Å². The Balaban J connectivity index is 1.85. The molecule has 0 saturated heterocycles. The molecular formula is C20H29BrN2O3S. The van der Waals surface area contributed by atoms with Crippen molar-refractivity contribution in [2.45, 2.75) is 63.7 Å². The van der Waals surface area contributed by atoms with Crippen molar-refractivity contribution in [1.82, 2.24) is 4.72 Å². The number of carbonyl (C=O) groups is 1. The number of benzene rings is 1. The molecule has 0 bridgehead atoms. The average Bonchev–Trinajstić information content (AvgIpc) is 3.40. The van der Waals surface area contributed by atoms with E-state index in [4.69, 9.17) is 0 Å². The Kier molecular flexibility index (Phi) is 6.64. The van der Waals surface area contributed by atoms with Crippen molar-refractivity contribution in [3.63, 3.8) is 0 Å². The number of halogens is 1. The third-order valence-electron chi connectivity index (χ3n) is 5.58. The standard InChI is InChI=1S/C20H29BrN2O3S/c1-3-5-6-14(4-2)13-22-27(25,26)18-12-17(21)11-16-9-10-23(19(16)18)20(24)15-7-8-15/h11-12,14-15,22H,3-10,13H2,1-2H3. The Morgan fingerprint density at radius 3 is 2.70 bits per heavy atom. The number of carbonyl (C=O) groups excluding carboxylic acids is 1. The van der Waals surface area contributed by atoms with Gasteiger partial charge in [0.1, 0.15) is 4.90 Å². The molecule has 2 aliphatic rings. The van der Waals surface area contributed by atoms with E-state index in [2.05, 4.69) is 34.5 Å². The largest absolute Gasteiger partial charge is 0.310 e. The summed E-state index contributed by atoms with van der Waals surface area (Å²) in [5.41, 5.74) is 1.51. The molecule has 1 amide bonds. The van der Waals surface area contributed by atoms with Crippen molar-refractivity contribution in [3.8, 4) is 0 Å². The molecule has 1 aromatic rings. The second kappa shape index (κ2) is 8.62. The summed E-state index contributed by atoms with van der Waals surface area (Å²) < 4.78 is 29.8. The fourth-order valence-electron chi connectivity index (χ4n) is 3.69. The van der Waals surface area contributed by atoms with Gasteiger partial charge < -0.3 is 4.90 Å². The highest BCUT2D eigenvalue weighted by Gasteiger charge is 2.39. The van der Waals surface area contributed by atoms with Gasteiger partial charge in [-0.3, -0.25) is 4.79 Å². The lowest BCUT2D eigenvalue weighted by Gasteiger charge is -2.22. The van der Waals surface area contributed by atoms with E-state index >= 15 is 0 Å². The first kappa shape index (κ1) is 20.8. The Morgan fingerprint density at radius 1 is 1.33 bits per heavy atom. The molecule has 1 unspecified atom stereocenters. The lowest BCUT2D eigenvalue weighted by atomic mass is 10.00. The number of nitrogens with zero attached hydrogens (tertiary/aromatic N) is 1. The molecule has 1 aromatic carbocycles. The Morgan fingerprint density at radius 2 is 2.07 bits per heavy atom. The number of anilines is 1. The summed E-state index contributed by atoms with van der Waals surface area (Å²) in [6.45, 7) is 5.25. The predicted octanol–water partition coefficient (Wildman–Crippen LogP) is 4.24. The molecule has 150 valence electrons. The third-order valence-corrected chi connectivity index (χ3v) is 7.48. The zero-order valence-electron chi connectivity index (χ0n) is 16.1. The van der Waals surface area contributed by atoms with Crippen molar-refractivity contribution in [2.24, 2.45) is 11.8 Å². The van der Waals surface area contributed by atoms with Gasteiger partial charge in [-0.1, -0.05) is 49.0 Å². The summed E-state index contributed by atoms with van der Waals surface area (Å²) >= 11 is 3.44. The van der Waals surface area contributed by atoms with E-state index in [1.54, 1.807) is 11.0 Å². The summed E-state index contributed by atoms with van der Waals surface area (Å²) in [7, 11) is -3.68. The maximum absolute atomic E-state index is 13.1. The zero-order chi connectivity index (χ0) is 19.6. The molecule has 0 radical (unpaired) electrons. The second-order valence-electron chi connectivity index (χ2n) is 7.69. The van der Waals surface area contributed by atoms with Gasteiger partial charge in [0.2, 0.25) is 15.9 Å². The molecule has 0 aromatic heterocycles. The number of rotatable bonds is 9. The van der Waals surface area contributed by atoms with Gasteiger partial charge in [0, 0.05) is 23.5 Å². The molecule has 1 fully saturated rings. The maximum atomic E-state index is 13.1.